The van der Waals surface area contributed by atoms with Crippen molar-refractivity contribution in [1.29, 1.82) is 0 Å². The Morgan fingerprint density at radius 1 is 1.00 bits per heavy atom. The summed E-state index contributed by atoms with van der Waals surface area (Å²) in [6, 6.07) is 14.1. The van der Waals surface area contributed by atoms with Gasteiger partial charge in [-0.05, 0) is 54.7 Å². The predicted octanol–water partition coefficient (Wildman–Crippen LogP) is 3.86. The standard InChI is InChI=1S/C23H29N3O3/c1-16-12-17(2)14-26(13-16)15-22(27)24-19-10-8-18(9-11-19)23(28)25-20-6-4-5-7-21(20)29-3/h4-11,16-17H,12-15H2,1-3H3,(H,24,27)(H,25,28)/t16-,17+. The highest BCUT2D eigenvalue weighted by atomic mass is 16.5. The molecule has 0 saturated carbocycles. The lowest BCUT2D eigenvalue weighted by Crippen LogP contribution is -2.42. The molecule has 1 fully saturated rings. The van der Waals surface area contributed by atoms with Crippen LogP contribution in [0.25, 0.3) is 0 Å². The Morgan fingerprint density at radius 3 is 2.31 bits per heavy atom. The summed E-state index contributed by atoms with van der Waals surface area (Å²) in [5.41, 5.74) is 1.80. The van der Waals surface area contributed by atoms with E-state index >= 15 is 0 Å². The molecule has 0 aromatic heterocycles. The van der Waals surface area contributed by atoms with Gasteiger partial charge in [0.05, 0.1) is 19.3 Å². The smallest absolute Gasteiger partial charge is 0.255 e. The Labute approximate surface area is 172 Å². The molecule has 154 valence electrons. The van der Waals surface area contributed by atoms with Crippen LogP contribution in [0.3, 0.4) is 0 Å². The molecule has 2 aromatic rings. The molecule has 2 atom stereocenters. The van der Waals surface area contributed by atoms with E-state index in [1.165, 1.54) is 6.42 Å². The van der Waals surface area contributed by atoms with E-state index in [4.69, 9.17) is 4.74 Å². The molecule has 1 aliphatic rings. The van der Waals surface area contributed by atoms with Gasteiger partial charge in [-0.2, -0.15) is 0 Å². The number of likely N-dealkylation sites (tertiary alicyclic amines) is 1. The molecular weight excluding hydrogens is 366 g/mol. The third-order valence-corrected chi connectivity index (χ3v) is 5.10. The van der Waals surface area contributed by atoms with Crippen LogP contribution in [0.4, 0.5) is 11.4 Å². The molecule has 1 aliphatic heterocycles. The minimum atomic E-state index is -0.233. The van der Waals surface area contributed by atoms with Crippen molar-refractivity contribution in [3.63, 3.8) is 0 Å². The van der Waals surface area contributed by atoms with Gasteiger partial charge in [-0.3, -0.25) is 14.5 Å². The average molecular weight is 396 g/mol. The molecule has 6 nitrogen and oxygen atoms in total. The lowest BCUT2D eigenvalue weighted by Gasteiger charge is -2.34. The van der Waals surface area contributed by atoms with Gasteiger partial charge >= 0.3 is 0 Å². The number of hydrogen-bond donors (Lipinski definition) is 2. The predicted molar refractivity (Wildman–Crippen MR) is 115 cm³/mol. The third-order valence-electron chi connectivity index (χ3n) is 5.10. The van der Waals surface area contributed by atoms with Gasteiger partial charge in [0.25, 0.3) is 5.91 Å². The number of para-hydroxylation sites is 2. The Hall–Kier alpha value is -2.86. The fraction of sp³-hybridized carbons (Fsp3) is 0.391. The fourth-order valence-corrected chi connectivity index (χ4v) is 3.97. The van der Waals surface area contributed by atoms with Gasteiger partial charge in [0, 0.05) is 24.3 Å². The first kappa shape index (κ1) is 20.9. The van der Waals surface area contributed by atoms with E-state index < -0.39 is 0 Å². The van der Waals surface area contributed by atoms with Crippen molar-refractivity contribution < 1.29 is 14.3 Å². The number of amides is 2. The van der Waals surface area contributed by atoms with E-state index in [1.54, 1.807) is 43.5 Å². The summed E-state index contributed by atoms with van der Waals surface area (Å²) in [6.07, 6.45) is 1.22. The number of nitrogens with one attached hydrogen (secondary N) is 2. The molecule has 2 N–H and O–H groups in total. The first-order chi connectivity index (χ1) is 13.9. The molecular formula is C23H29N3O3. The molecule has 29 heavy (non-hydrogen) atoms. The number of rotatable bonds is 6. The summed E-state index contributed by atoms with van der Waals surface area (Å²) in [6.45, 7) is 6.77. The van der Waals surface area contributed by atoms with Gasteiger partial charge < -0.3 is 15.4 Å². The van der Waals surface area contributed by atoms with Crippen molar-refractivity contribution in [3.05, 3.63) is 54.1 Å². The highest BCUT2D eigenvalue weighted by molar-refractivity contribution is 6.05. The van der Waals surface area contributed by atoms with Crippen LogP contribution < -0.4 is 15.4 Å². The van der Waals surface area contributed by atoms with E-state index in [9.17, 15) is 9.59 Å². The SMILES string of the molecule is COc1ccccc1NC(=O)c1ccc(NC(=O)CN2C[C@H](C)C[C@H](C)C2)cc1. The zero-order valence-corrected chi connectivity index (χ0v) is 17.3. The lowest BCUT2D eigenvalue weighted by molar-refractivity contribution is -0.117. The summed E-state index contributed by atoms with van der Waals surface area (Å²) in [7, 11) is 1.56. The van der Waals surface area contributed by atoms with Crippen molar-refractivity contribution in [2.24, 2.45) is 11.8 Å². The molecule has 3 rings (SSSR count). The number of methoxy groups -OCH3 is 1. The maximum Gasteiger partial charge on any atom is 0.255 e. The number of piperidine rings is 1. The van der Waals surface area contributed by atoms with E-state index in [1.807, 2.05) is 12.1 Å². The van der Waals surface area contributed by atoms with Gasteiger partial charge in [0.1, 0.15) is 5.75 Å². The molecule has 1 saturated heterocycles. The summed E-state index contributed by atoms with van der Waals surface area (Å²) in [5.74, 6) is 1.58. The number of carbonyl (C=O) groups excluding carboxylic acids is 2. The van der Waals surface area contributed by atoms with Crippen molar-refractivity contribution in [3.8, 4) is 5.75 Å². The average Bonchev–Trinajstić information content (AvgIpc) is 2.68. The van der Waals surface area contributed by atoms with E-state index in [0.717, 1.165) is 13.1 Å². The fourth-order valence-electron chi connectivity index (χ4n) is 3.97. The van der Waals surface area contributed by atoms with Crippen molar-refractivity contribution in [2.75, 3.05) is 37.4 Å². The van der Waals surface area contributed by atoms with Crippen LogP contribution in [0.5, 0.6) is 5.75 Å². The quantitative estimate of drug-likeness (QED) is 0.779. The summed E-state index contributed by atoms with van der Waals surface area (Å²) < 4.78 is 5.25. The summed E-state index contributed by atoms with van der Waals surface area (Å²) >= 11 is 0. The Kier molecular flexibility index (Phi) is 6.88. The maximum atomic E-state index is 12.5. The first-order valence-corrected chi connectivity index (χ1v) is 10.0. The van der Waals surface area contributed by atoms with E-state index in [0.29, 0.717) is 41.1 Å². The minimum absolute atomic E-state index is 0.0301. The second kappa shape index (κ2) is 9.56. The molecule has 0 radical (unpaired) electrons. The summed E-state index contributed by atoms with van der Waals surface area (Å²) in [4.78, 5) is 27.1. The van der Waals surface area contributed by atoms with Crippen LogP contribution in [-0.2, 0) is 4.79 Å². The molecule has 1 heterocycles. The number of carbonyl (C=O) groups is 2. The molecule has 0 unspecified atom stereocenters. The third kappa shape index (κ3) is 5.81. The first-order valence-electron chi connectivity index (χ1n) is 10.0. The minimum Gasteiger partial charge on any atom is -0.495 e. The normalized spacial score (nSPS) is 19.4. The Morgan fingerprint density at radius 2 is 1.66 bits per heavy atom. The van der Waals surface area contributed by atoms with Crippen LogP contribution >= 0.6 is 0 Å². The number of ether oxygens (including phenoxy) is 1. The zero-order valence-electron chi connectivity index (χ0n) is 17.3. The largest absolute Gasteiger partial charge is 0.495 e. The van der Waals surface area contributed by atoms with Crippen LogP contribution in [0.2, 0.25) is 0 Å². The number of hydrogen-bond acceptors (Lipinski definition) is 4. The monoisotopic (exact) mass is 395 g/mol. The maximum absolute atomic E-state index is 12.5. The second-order valence-corrected chi connectivity index (χ2v) is 7.92. The molecule has 0 bridgehead atoms. The molecule has 0 spiro atoms. The van der Waals surface area contributed by atoms with Gasteiger partial charge in [-0.25, -0.2) is 0 Å². The highest BCUT2D eigenvalue weighted by Gasteiger charge is 2.23. The van der Waals surface area contributed by atoms with Crippen molar-refractivity contribution in [1.82, 2.24) is 4.90 Å². The van der Waals surface area contributed by atoms with Crippen molar-refractivity contribution >= 4 is 23.2 Å². The van der Waals surface area contributed by atoms with Crippen LogP contribution in [0, 0.1) is 11.8 Å². The number of benzene rings is 2. The van der Waals surface area contributed by atoms with Gasteiger partial charge in [0.15, 0.2) is 0 Å². The number of nitrogens with zero attached hydrogens (tertiary/aromatic N) is 1. The highest BCUT2D eigenvalue weighted by Crippen LogP contribution is 2.24. The van der Waals surface area contributed by atoms with Crippen LogP contribution in [0.1, 0.15) is 30.6 Å². The molecule has 2 aromatic carbocycles. The Balaban J connectivity index is 1.55. The second-order valence-electron chi connectivity index (χ2n) is 7.92. The van der Waals surface area contributed by atoms with Crippen molar-refractivity contribution in [2.45, 2.75) is 20.3 Å². The topological polar surface area (TPSA) is 70.7 Å². The van der Waals surface area contributed by atoms with Gasteiger partial charge in [-0.15, -0.1) is 0 Å². The lowest BCUT2D eigenvalue weighted by atomic mass is 9.92. The van der Waals surface area contributed by atoms with Gasteiger partial charge in [-0.1, -0.05) is 26.0 Å². The Bertz CT molecular complexity index is 841. The molecule has 2 amide bonds. The summed E-state index contributed by atoms with van der Waals surface area (Å²) in [5, 5.41) is 5.76. The molecule has 6 heteroatoms. The van der Waals surface area contributed by atoms with Crippen LogP contribution in [-0.4, -0.2) is 43.5 Å². The van der Waals surface area contributed by atoms with E-state index in [2.05, 4.69) is 29.4 Å². The molecule has 0 aliphatic carbocycles. The van der Waals surface area contributed by atoms with Crippen LogP contribution in [0.15, 0.2) is 48.5 Å². The van der Waals surface area contributed by atoms with Gasteiger partial charge in [0.2, 0.25) is 5.91 Å². The number of anilines is 2. The van der Waals surface area contributed by atoms with E-state index in [-0.39, 0.29) is 11.8 Å². The zero-order chi connectivity index (χ0) is 20.8.